The molecule has 0 heterocycles. The lowest BCUT2D eigenvalue weighted by atomic mass is 10.0. The highest BCUT2D eigenvalue weighted by molar-refractivity contribution is 5.80. The molecule has 1 amide bonds. The van der Waals surface area contributed by atoms with E-state index < -0.39 is 36.9 Å². The number of hydrogen-bond donors (Lipinski definition) is 5. The van der Waals surface area contributed by atoms with Crippen LogP contribution in [-0.4, -0.2) is 57.3 Å². The zero-order chi connectivity index (χ0) is 36.8. The maximum absolute atomic E-state index is 12.3. The Morgan fingerprint density at radius 1 is 0.500 bits per heavy atom. The molecule has 0 aromatic carbocycles. The van der Waals surface area contributed by atoms with Gasteiger partial charge in [0.25, 0.3) is 0 Å². The van der Waals surface area contributed by atoms with Crippen LogP contribution in [0.4, 0.5) is 0 Å². The van der Waals surface area contributed by atoms with Crippen molar-refractivity contribution in [3.8, 4) is 0 Å². The molecule has 5 N–H and O–H groups in total. The van der Waals surface area contributed by atoms with Gasteiger partial charge in [-0.15, -0.1) is 0 Å². The van der Waals surface area contributed by atoms with Crippen LogP contribution >= 0.6 is 0 Å². The van der Waals surface area contributed by atoms with Gasteiger partial charge in [-0.3, -0.25) is 4.79 Å². The Bertz CT molecular complexity index is 757. The topological polar surface area (TPSA) is 110 Å². The molecule has 0 aromatic heterocycles. The Labute approximate surface area is 310 Å². The maximum Gasteiger partial charge on any atom is 0.249 e. The van der Waals surface area contributed by atoms with Crippen LogP contribution in [0.5, 0.6) is 0 Å². The van der Waals surface area contributed by atoms with Gasteiger partial charge in [0.05, 0.1) is 18.8 Å². The predicted octanol–water partition coefficient (Wildman–Crippen LogP) is 11.2. The molecule has 0 fully saturated rings. The number of carbonyl (C=O) groups excluding carboxylic acids is 1. The van der Waals surface area contributed by atoms with E-state index in [2.05, 4.69) is 36.5 Å². The number of unbranched alkanes of at least 4 members (excludes halogenated alkanes) is 26. The fourth-order valence-electron chi connectivity index (χ4n) is 6.66. The second kappa shape index (κ2) is 39.0. The summed E-state index contributed by atoms with van der Waals surface area (Å²) in [6.07, 6.45) is 45.0. The minimum atomic E-state index is -1.25. The third kappa shape index (κ3) is 32.7. The van der Waals surface area contributed by atoms with Gasteiger partial charge in [-0.1, -0.05) is 199 Å². The quantitative estimate of drug-likeness (QED) is 0.0323. The third-order valence-corrected chi connectivity index (χ3v) is 10.2. The molecule has 0 aromatic rings. The fraction of sp³-hybridized carbons (Fsp3) is 0.886. The van der Waals surface area contributed by atoms with E-state index >= 15 is 0 Å². The highest BCUT2D eigenvalue weighted by Gasteiger charge is 2.28. The lowest BCUT2D eigenvalue weighted by molar-refractivity contribution is -0.132. The van der Waals surface area contributed by atoms with Crippen LogP contribution in [0, 0.1) is 0 Å². The molecule has 0 radical (unpaired) electrons. The number of rotatable bonds is 39. The van der Waals surface area contributed by atoms with Crippen LogP contribution in [0.1, 0.15) is 219 Å². The zero-order valence-electron chi connectivity index (χ0n) is 33.2. The highest BCUT2D eigenvalue weighted by atomic mass is 16.3. The molecule has 4 unspecified atom stereocenters. The average Bonchev–Trinajstić information content (AvgIpc) is 3.12. The largest absolute Gasteiger partial charge is 0.394 e. The minimum absolute atomic E-state index is 0.368. The van der Waals surface area contributed by atoms with Gasteiger partial charge in [-0.25, -0.2) is 0 Å². The van der Waals surface area contributed by atoms with Gasteiger partial charge in [0.15, 0.2) is 0 Å². The molecule has 0 aliphatic carbocycles. The van der Waals surface area contributed by atoms with Crippen molar-refractivity contribution in [2.45, 2.75) is 244 Å². The lowest BCUT2D eigenvalue weighted by Gasteiger charge is -2.27. The molecule has 0 rings (SSSR count). The average molecular weight is 708 g/mol. The molecule has 50 heavy (non-hydrogen) atoms. The van der Waals surface area contributed by atoms with Crippen LogP contribution in [0.25, 0.3) is 0 Å². The first-order valence-corrected chi connectivity index (χ1v) is 21.7. The first kappa shape index (κ1) is 48.8. The van der Waals surface area contributed by atoms with E-state index in [9.17, 15) is 25.2 Å². The van der Waals surface area contributed by atoms with E-state index in [0.29, 0.717) is 12.8 Å². The van der Waals surface area contributed by atoms with Gasteiger partial charge in [0.2, 0.25) is 5.91 Å². The SMILES string of the molecule is CCCCCCCCCCC/C=C\C/C=C\CCCCCCCCCCCCCCCCCCC(O)C(=O)NC(CO)C(O)C(O)CCCC. The number of amides is 1. The summed E-state index contributed by atoms with van der Waals surface area (Å²) in [5.41, 5.74) is 0. The summed E-state index contributed by atoms with van der Waals surface area (Å²) in [5, 5.41) is 42.5. The maximum atomic E-state index is 12.3. The van der Waals surface area contributed by atoms with Crippen molar-refractivity contribution in [1.29, 1.82) is 0 Å². The number of nitrogens with one attached hydrogen (secondary N) is 1. The molecular formula is C44H85NO5. The van der Waals surface area contributed by atoms with Crippen LogP contribution in [0.3, 0.4) is 0 Å². The molecule has 0 spiro atoms. The first-order chi connectivity index (χ1) is 24.5. The van der Waals surface area contributed by atoms with Crippen molar-refractivity contribution in [2.24, 2.45) is 0 Å². The molecule has 0 aliphatic rings. The highest BCUT2D eigenvalue weighted by Crippen LogP contribution is 2.16. The molecule has 0 saturated heterocycles. The molecule has 4 atom stereocenters. The van der Waals surface area contributed by atoms with Crippen molar-refractivity contribution >= 4 is 5.91 Å². The summed E-state index contributed by atoms with van der Waals surface area (Å²) in [6, 6.07) is -0.978. The van der Waals surface area contributed by atoms with Crippen molar-refractivity contribution in [1.82, 2.24) is 5.32 Å². The van der Waals surface area contributed by atoms with Crippen LogP contribution in [0.2, 0.25) is 0 Å². The summed E-state index contributed by atoms with van der Waals surface area (Å²) in [7, 11) is 0. The second-order valence-electron chi connectivity index (χ2n) is 15.0. The summed E-state index contributed by atoms with van der Waals surface area (Å²) in [4.78, 5) is 12.3. The van der Waals surface area contributed by atoms with Gasteiger partial charge >= 0.3 is 0 Å². The number of carbonyl (C=O) groups is 1. The van der Waals surface area contributed by atoms with E-state index in [0.717, 1.165) is 38.5 Å². The number of aliphatic hydroxyl groups is 4. The Morgan fingerprint density at radius 2 is 0.880 bits per heavy atom. The Balaban J connectivity index is 3.44. The number of hydrogen-bond acceptors (Lipinski definition) is 5. The van der Waals surface area contributed by atoms with E-state index in [1.165, 1.54) is 154 Å². The van der Waals surface area contributed by atoms with E-state index in [4.69, 9.17) is 0 Å². The standard InChI is InChI=1S/C44H85NO5/c1-3-5-7-8-9-10-11-12-13-14-15-16-17-18-19-20-21-22-23-24-25-26-27-28-29-30-31-32-33-34-35-36-38-42(48)44(50)45-40(39-46)43(49)41(47)37-6-4-2/h15-16,18-19,40-43,46-49H,3-14,17,20-39H2,1-2H3,(H,45,50)/b16-15-,19-18-. The van der Waals surface area contributed by atoms with Crippen molar-refractivity contribution < 1.29 is 25.2 Å². The van der Waals surface area contributed by atoms with Crippen LogP contribution < -0.4 is 5.32 Å². The third-order valence-electron chi connectivity index (χ3n) is 10.2. The molecule has 6 heteroatoms. The first-order valence-electron chi connectivity index (χ1n) is 21.7. The summed E-state index contributed by atoms with van der Waals surface area (Å²) in [6.45, 7) is 3.79. The Kier molecular flexibility index (Phi) is 38.1. The Hall–Kier alpha value is -1.21. The second-order valence-corrected chi connectivity index (χ2v) is 15.0. The van der Waals surface area contributed by atoms with Gasteiger partial charge < -0.3 is 25.7 Å². The zero-order valence-corrected chi connectivity index (χ0v) is 33.2. The van der Waals surface area contributed by atoms with Gasteiger partial charge in [-0.05, 0) is 44.9 Å². The van der Waals surface area contributed by atoms with Crippen molar-refractivity contribution in [3.05, 3.63) is 24.3 Å². The molecule has 0 saturated carbocycles. The van der Waals surface area contributed by atoms with Gasteiger partial charge in [0, 0.05) is 0 Å². The van der Waals surface area contributed by atoms with E-state index in [1.54, 1.807) is 0 Å². The minimum Gasteiger partial charge on any atom is -0.394 e. The monoisotopic (exact) mass is 708 g/mol. The number of allylic oxidation sites excluding steroid dienone is 4. The molecule has 6 nitrogen and oxygen atoms in total. The van der Waals surface area contributed by atoms with Crippen LogP contribution in [-0.2, 0) is 4.79 Å². The predicted molar refractivity (Wildman–Crippen MR) is 214 cm³/mol. The van der Waals surface area contributed by atoms with Gasteiger partial charge in [-0.2, -0.15) is 0 Å². The Morgan fingerprint density at radius 3 is 1.28 bits per heavy atom. The van der Waals surface area contributed by atoms with Crippen LogP contribution in [0.15, 0.2) is 24.3 Å². The molecule has 0 aliphatic heterocycles. The summed E-state index contributed by atoms with van der Waals surface area (Å²) < 4.78 is 0. The van der Waals surface area contributed by atoms with Crippen molar-refractivity contribution in [3.63, 3.8) is 0 Å². The summed E-state index contributed by atoms with van der Waals surface area (Å²) >= 11 is 0. The summed E-state index contributed by atoms with van der Waals surface area (Å²) in [5.74, 6) is -0.595. The van der Waals surface area contributed by atoms with Crippen molar-refractivity contribution in [2.75, 3.05) is 6.61 Å². The van der Waals surface area contributed by atoms with E-state index in [-0.39, 0.29) is 0 Å². The molecular weight excluding hydrogens is 622 g/mol. The van der Waals surface area contributed by atoms with E-state index in [1.807, 2.05) is 6.92 Å². The molecule has 0 bridgehead atoms. The fourth-order valence-corrected chi connectivity index (χ4v) is 6.66. The smallest absolute Gasteiger partial charge is 0.249 e. The number of aliphatic hydroxyl groups excluding tert-OH is 4. The lowest BCUT2D eigenvalue weighted by Crippen LogP contribution is -2.53. The molecule has 296 valence electrons. The van der Waals surface area contributed by atoms with Gasteiger partial charge in [0.1, 0.15) is 12.2 Å². The normalized spacial score (nSPS) is 14.4.